The van der Waals surface area contributed by atoms with E-state index in [-0.39, 0.29) is 35.3 Å². The number of nitrogens with two attached hydrogens (primary N) is 1. The standard InChI is InChI=1S/C22H16ClN3O4/c23-17-7-2-1-6-15(17)13-9-18(27)21-19(10-13)30-22(25)16(11-24)20(21)12-4-3-5-14(8-12)26(28)29/h1-8,13,20H,9-10,25H2/t13-,20-/m1/s1. The molecule has 150 valence electrons. The number of ether oxygens (including phenoxy) is 1. The highest BCUT2D eigenvalue weighted by Crippen LogP contribution is 2.47. The summed E-state index contributed by atoms with van der Waals surface area (Å²) in [6, 6.07) is 15.2. The highest BCUT2D eigenvalue weighted by molar-refractivity contribution is 6.31. The van der Waals surface area contributed by atoms with Gasteiger partial charge in [0.25, 0.3) is 5.69 Å². The first-order chi connectivity index (χ1) is 14.4. The summed E-state index contributed by atoms with van der Waals surface area (Å²) in [7, 11) is 0. The van der Waals surface area contributed by atoms with E-state index in [1.54, 1.807) is 12.1 Å². The van der Waals surface area contributed by atoms with Crippen LogP contribution in [0.15, 0.2) is 71.3 Å². The topological polar surface area (TPSA) is 119 Å². The van der Waals surface area contributed by atoms with E-state index < -0.39 is 10.8 Å². The molecule has 0 amide bonds. The number of hydrogen-bond acceptors (Lipinski definition) is 6. The summed E-state index contributed by atoms with van der Waals surface area (Å²) in [6.45, 7) is 0. The molecular weight excluding hydrogens is 406 g/mol. The minimum atomic E-state index is -0.807. The molecule has 0 saturated carbocycles. The van der Waals surface area contributed by atoms with Gasteiger partial charge in [0.1, 0.15) is 17.4 Å². The van der Waals surface area contributed by atoms with Crippen molar-refractivity contribution in [2.24, 2.45) is 5.73 Å². The molecular formula is C22H16ClN3O4. The van der Waals surface area contributed by atoms with Crippen LogP contribution in [0.3, 0.4) is 0 Å². The molecule has 2 aromatic carbocycles. The third kappa shape index (κ3) is 3.31. The van der Waals surface area contributed by atoms with Crippen LogP contribution in [-0.2, 0) is 9.53 Å². The summed E-state index contributed by atoms with van der Waals surface area (Å²) in [5.74, 6) is -0.909. The van der Waals surface area contributed by atoms with Crippen molar-refractivity contribution in [3.63, 3.8) is 0 Å². The van der Waals surface area contributed by atoms with Gasteiger partial charge in [0.2, 0.25) is 5.88 Å². The highest BCUT2D eigenvalue weighted by atomic mass is 35.5. The van der Waals surface area contributed by atoms with E-state index in [0.29, 0.717) is 28.3 Å². The Balaban J connectivity index is 1.82. The lowest BCUT2D eigenvalue weighted by Crippen LogP contribution is -2.30. The van der Waals surface area contributed by atoms with E-state index in [9.17, 15) is 20.2 Å². The van der Waals surface area contributed by atoms with Crippen molar-refractivity contribution in [2.45, 2.75) is 24.7 Å². The molecule has 8 heteroatoms. The fourth-order valence-electron chi connectivity index (χ4n) is 4.09. The number of Topliss-reactive ketones (excluding diaryl/α,β-unsaturated/α-hetero) is 1. The maximum Gasteiger partial charge on any atom is 0.269 e. The number of hydrogen-bond donors (Lipinski definition) is 1. The number of carbonyl (C=O) groups excluding carboxylic acids is 1. The van der Waals surface area contributed by atoms with Gasteiger partial charge in [0.15, 0.2) is 5.78 Å². The van der Waals surface area contributed by atoms with Crippen LogP contribution in [0.5, 0.6) is 0 Å². The van der Waals surface area contributed by atoms with Crippen molar-refractivity contribution in [2.75, 3.05) is 0 Å². The Labute approximate surface area is 177 Å². The smallest absolute Gasteiger partial charge is 0.269 e. The van der Waals surface area contributed by atoms with Crippen LogP contribution in [0.2, 0.25) is 5.02 Å². The Morgan fingerprint density at radius 3 is 2.67 bits per heavy atom. The second-order valence-electron chi connectivity index (χ2n) is 7.16. The number of benzene rings is 2. The van der Waals surface area contributed by atoms with Crippen LogP contribution < -0.4 is 5.73 Å². The lowest BCUT2D eigenvalue weighted by atomic mass is 9.73. The molecule has 4 rings (SSSR count). The van der Waals surface area contributed by atoms with Gasteiger partial charge >= 0.3 is 0 Å². The zero-order valence-corrected chi connectivity index (χ0v) is 16.4. The Kier molecular flexibility index (Phi) is 5.02. The number of allylic oxidation sites excluding steroid dienone is 3. The van der Waals surface area contributed by atoms with E-state index in [1.165, 1.54) is 18.2 Å². The zero-order chi connectivity index (χ0) is 21.4. The third-order valence-corrected chi connectivity index (χ3v) is 5.76. The molecule has 2 N–H and O–H groups in total. The van der Waals surface area contributed by atoms with Crippen LogP contribution in [0.25, 0.3) is 0 Å². The molecule has 0 radical (unpaired) electrons. The predicted octanol–water partition coefficient (Wildman–Crippen LogP) is 4.46. The maximum absolute atomic E-state index is 13.2. The molecule has 0 saturated heterocycles. The van der Waals surface area contributed by atoms with E-state index in [1.807, 2.05) is 24.3 Å². The van der Waals surface area contributed by atoms with Gasteiger partial charge in [0.05, 0.1) is 10.8 Å². The monoisotopic (exact) mass is 421 g/mol. The molecule has 0 unspecified atom stereocenters. The van der Waals surface area contributed by atoms with Gasteiger partial charge in [0, 0.05) is 35.6 Å². The average molecular weight is 422 g/mol. The van der Waals surface area contributed by atoms with Crippen molar-refractivity contribution >= 4 is 23.1 Å². The number of nitriles is 1. The van der Waals surface area contributed by atoms with Crippen molar-refractivity contribution in [3.05, 3.63) is 97.6 Å². The first kappa shape index (κ1) is 19.7. The molecule has 1 aliphatic heterocycles. The molecule has 0 aromatic heterocycles. The molecule has 0 fully saturated rings. The molecule has 1 aliphatic carbocycles. The number of halogens is 1. The van der Waals surface area contributed by atoms with Gasteiger partial charge < -0.3 is 10.5 Å². The van der Waals surface area contributed by atoms with Crippen LogP contribution in [0, 0.1) is 21.4 Å². The van der Waals surface area contributed by atoms with Gasteiger partial charge in [-0.2, -0.15) is 5.26 Å². The van der Waals surface area contributed by atoms with E-state index in [2.05, 4.69) is 0 Å². The molecule has 2 aliphatic rings. The van der Waals surface area contributed by atoms with E-state index in [4.69, 9.17) is 22.1 Å². The van der Waals surface area contributed by atoms with Crippen LogP contribution in [0.1, 0.15) is 35.8 Å². The molecule has 7 nitrogen and oxygen atoms in total. The molecule has 0 bridgehead atoms. The third-order valence-electron chi connectivity index (χ3n) is 5.42. The normalized spacial score (nSPS) is 21.0. The summed E-state index contributed by atoms with van der Waals surface area (Å²) in [5, 5.41) is 21.4. The summed E-state index contributed by atoms with van der Waals surface area (Å²) >= 11 is 6.32. The second kappa shape index (κ2) is 7.65. The van der Waals surface area contributed by atoms with Gasteiger partial charge in [-0.1, -0.05) is 41.9 Å². The minimum Gasteiger partial charge on any atom is -0.444 e. The molecule has 2 atom stereocenters. The Morgan fingerprint density at radius 1 is 1.20 bits per heavy atom. The number of nitrogens with zero attached hydrogens (tertiary/aromatic N) is 2. The lowest BCUT2D eigenvalue weighted by Gasteiger charge is -2.34. The lowest BCUT2D eigenvalue weighted by molar-refractivity contribution is -0.384. The largest absolute Gasteiger partial charge is 0.444 e. The van der Waals surface area contributed by atoms with Gasteiger partial charge in [-0.3, -0.25) is 14.9 Å². The van der Waals surface area contributed by atoms with Crippen molar-refractivity contribution in [1.29, 1.82) is 5.26 Å². The first-order valence-corrected chi connectivity index (χ1v) is 9.61. The Morgan fingerprint density at radius 2 is 1.97 bits per heavy atom. The molecule has 1 heterocycles. The van der Waals surface area contributed by atoms with Gasteiger partial charge in [-0.15, -0.1) is 0 Å². The maximum atomic E-state index is 13.2. The van der Waals surface area contributed by atoms with Crippen LogP contribution >= 0.6 is 11.6 Å². The summed E-state index contributed by atoms with van der Waals surface area (Å²) < 4.78 is 5.70. The van der Waals surface area contributed by atoms with Crippen LogP contribution in [-0.4, -0.2) is 10.7 Å². The van der Waals surface area contributed by atoms with Crippen LogP contribution in [0.4, 0.5) is 5.69 Å². The zero-order valence-electron chi connectivity index (χ0n) is 15.7. The summed E-state index contributed by atoms with van der Waals surface area (Å²) in [6.07, 6.45) is 0.575. The van der Waals surface area contributed by atoms with Crippen molar-refractivity contribution in [3.8, 4) is 6.07 Å². The number of carbonyl (C=O) groups is 1. The SMILES string of the molecule is N#CC1=C(N)OC2=C(C(=O)C[C@@H](c3ccccc3Cl)C2)[C@@H]1c1cccc([N+](=O)[O-])c1. The predicted molar refractivity (Wildman–Crippen MR) is 109 cm³/mol. The number of non-ortho nitro benzene ring substituents is 1. The first-order valence-electron chi connectivity index (χ1n) is 9.23. The number of ketones is 1. The molecule has 30 heavy (non-hydrogen) atoms. The van der Waals surface area contributed by atoms with E-state index >= 15 is 0 Å². The average Bonchev–Trinajstić information content (AvgIpc) is 2.73. The fourth-order valence-corrected chi connectivity index (χ4v) is 4.38. The van der Waals surface area contributed by atoms with E-state index in [0.717, 1.165) is 5.56 Å². The second-order valence-corrected chi connectivity index (χ2v) is 7.57. The number of nitro benzene ring substituents is 1. The highest BCUT2D eigenvalue weighted by Gasteiger charge is 2.41. The fraction of sp³-hybridized carbons (Fsp3) is 0.182. The summed E-state index contributed by atoms with van der Waals surface area (Å²) in [4.78, 5) is 23.9. The van der Waals surface area contributed by atoms with Crippen molar-refractivity contribution < 1.29 is 14.5 Å². The van der Waals surface area contributed by atoms with Gasteiger partial charge in [-0.25, -0.2) is 0 Å². The molecule has 2 aromatic rings. The Hall–Kier alpha value is -3.63. The number of nitro groups is 1. The minimum absolute atomic E-state index is 0.0683. The van der Waals surface area contributed by atoms with Gasteiger partial charge in [-0.05, 0) is 23.1 Å². The molecule has 0 spiro atoms. The van der Waals surface area contributed by atoms with Crippen molar-refractivity contribution in [1.82, 2.24) is 0 Å². The number of rotatable bonds is 3. The quantitative estimate of drug-likeness (QED) is 0.577. The summed E-state index contributed by atoms with van der Waals surface area (Å²) in [5.41, 5.74) is 7.56. The Bertz CT molecular complexity index is 1180.